The third kappa shape index (κ3) is 3.48. The van der Waals surface area contributed by atoms with Gasteiger partial charge in [0.25, 0.3) is 5.69 Å². The molecule has 1 aromatic carbocycles. The number of nitro benzene ring substituents is 1. The Morgan fingerprint density at radius 3 is 2.53 bits per heavy atom. The Labute approximate surface area is 110 Å². The Morgan fingerprint density at radius 2 is 1.95 bits per heavy atom. The zero-order valence-electron chi connectivity index (χ0n) is 10.7. The van der Waals surface area contributed by atoms with Crippen molar-refractivity contribution in [3.8, 4) is 5.75 Å². The molecule has 2 aromatic rings. The van der Waals surface area contributed by atoms with Gasteiger partial charge in [0.1, 0.15) is 5.75 Å². The van der Waals surface area contributed by atoms with Crippen molar-refractivity contribution >= 4 is 11.4 Å². The molecule has 0 bridgehead atoms. The Morgan fingerprint density at radius 1 is 1.26 bits per heavy atom. The van der Waals surface area contributed by atoms with Crippen LogP contribution in [0.15, 0.2) is 42.7 Å². The van der Waals surface area contributed by atoms with Gasteiger partial charge in [0, 0.05) is 24.5 Å². The van der Waals surface area contributed by atoms with E-state index < -0.39 is 4.92 Å². The maximum Gasteiger partial charge on any atom is 0.275 e. The van der Waals surface area contributed by atoms with Gasteiger partial charge in [-0.2, -0.15) is 0 Å². The quantitative estimate of drug-likeness (QED) is 0.663. The number of benzene rings is 1. The lowest BCUT2D eigenvalue weighted by molar-refractivity contribution is -0.384. The number of nitrogens with one attached hydrogen (secondary N) is 1. The van der Waals surface area contributed by atoms with Crippen LogP contribution in [0, 0.1) is 10.1 Å². The van der Waals surface area contributed by atoms with Crippen LogP contribution in [0.5, 0.6) is 5.75 Å². The molecule has 0 unspecified atom stereocenters. The van der Waals surface area contributed by atoms with E-state index in [2.05, 4.69) is 5.43 Å². The van der Waals surface area contributed by atoms with E-state index in [1.807, 2.05) is 38.4 Å². The van der Waals surface area contributed by atoms with Crippen LogP contribution in [0.2, 0.25) is 0 Å². The predicted octanol–water partition coefficient (Wildman–Crippen LogP) is 3.06. The first-order valence-corrected chi connectivity index (χ1v) is 5.91. The molecule has 1 heterocycles. The fourth-order valence-corrected chi connectivity index (χ4v) is 1.65. The molecule has 19 heavy (non-hydrogen) atoms. The molecular weight excluding hydrogens is 246 g/mol. The molecule has 0 saturated carbocycles. The van der Waals surface area contributed by atoms with Gasteiger partial charge >= 0.3 is 0 Å². The van der Waals surface area contributed by atoms with Crippen molar-refractivity contribution in [2.75, 3.05) is 5.43 Å². The number of aromatic nitrogens is 1. The fraction of sp³-hybridized carbons (Fsp3) is 0.231. The number of nitrogens with zero attached hydrogens (tertiary/aromatic N) is 2. The van der Waals surface area contributed by atoms with Gasteiger partial charge in [0.15, 0.2) is 0 Å². The number of rotatable bonds is 5. The van der Waals surface area contributed by atoms with Crippen molar-refractivity contribution in [3.05, 3.63) is 52.8 Å². The van der Waals surface area contributed by atoms with E-state index in [4.69, 9.17) is 4.74 Å². The molecule has 0 aliphatic heterocycles. The summed E-state index contributed by atoms with van der Waals surface area (Å²) >= 11 is 0. The first-order valence-electron chi connectivity index (χ1n) is 5.91. The molecule has 6 nitrogen and oxygen atoms in total. The zero-order chi connectivity index (χ0) is 13.8. The Bertz CT molecular complexity index is 565. The second kappa shape index (κ2) is 5.43. The van der Waals surface area contributed by atoms with E-state index in [9.17, 15) is 10.1 Å². The van der Waals surface area contributed by atoms with E-state index in [0.717, 1.165) is 0 Å². The van der Waals surface area contributed by atoms with Gasteiger partial charge in [-0.15, -0.1) is 0 Å². The third-order valence-corrected chi connectivity index (χ3v) is 2.34. The summed E-state index contributed by atoms with van der Waals surface area (Å²) in [6.07, 6.45) is 3.57. The summed E-state index contributed by atoms with van der Waals surface area (Å²) in [5.74, 6) is 0.471. The molecule has 6 heteroatoms. The molecule has 1 aromatic heterocycles. The lowest BCUT2D eigenvalue weighted by Crippen LogP contribution is -2.09. The number of anilines is 1. The van der Waals surface area contributed by atoms with Crippen molar-refractivity contribution in [1.82, 2.24) is 4.68 Å². The maximum absolute atomic E-state index is 10.9. The second-order valence-corrected chi connectivity index (χ2v) is 4.34. The summed E-state index contributed by atoms with van der Waals surface area (Å²) in [4.78, 5) is 10.5. The van der Waals surface area contributed by atoms with E-state index >= 15 is 0 Å². The maximum atomic E-state index is 10.9. The highest BCUT2D eigenvalue weighted by molar-refractivity contribution is 5.56. The van der Waals surface area contributed by atoms with Crippen molar-refractivity contribution in [1.29, 1.82) is 0 Å². The molecule has 0 fully saturated rings. The predicted molar refractivity (Wildman–Crippen MR) is 72.3 cm³/mol. The van der Waals surface area contributed by atoms with E-state index in [1.165, 1.54) is 12.1 Å². The molecule has 0 saturated heterocycles. The van der Waals surface area contributed by atoms with Crippen molar-refractivity contribution in [3.63, 3.8) is 0 Å². The average Bonchev–Trinajstić information content (AvgIpc) is 2.80. The van der Waals surface area contributed by atoms with Crippen LogP contribution in [-0.4, -0.2) is 15.7 Å². The van der Waals surface area contributed by atoms with Crippen LogP contribution in [0.3, 0.4) is 0 Å². The summed E-state index contributed by atoms with van der Waals surface area (Å²) in [6.45, 7) is 3.75. The number of hydrogen-bond acceptors (Lipinski definition) is 4. The lowest BCUT2D eigenvalue weighted by Gasteiger charge is -2.12. The average molecular weight is 261 g/mol. The van der Waals surface area contributed by atoms with Crippen LogP contribution in [0.1, 0.15) is 13.8 Å². The van der Waals surface area contributed by atoms with Gasteiger partial charge in [0.05, 0.1) is 22.8 Å². The monoisotopic (exact) mass is 261 g/mol. The van der Waals surface area contributed by atoms with Crippen molar-refractivity contribution in [2.24, 2.45) is 0 Å². The molecule has 0 aliphatic carbocycles. The van der Waals surface area contributed by atoms with Gasteiger partial charge in [-0.1, -0.05) is 0 Å². The van der Waals surface area contributed by atoms with Gasteiger partial charge in [-0.05, 0) is 26.0 Å². The second-order valence-electron chi connectivity index (χ2n) is 4.34. The Kier molecular flexibility index (Phi) is 3.70. The topological polar surface area (TPSA) is 69.3 Å². The van der Waals surface area contributed by atoms with E-state index in [1.54, 1.807) is 10.7 Å². The highest BCUT2D eigenvalue weighted by Gasteiger charge is 2.11. The van der Waals surface area contributed by atoms with Gasteiger partial charge in [-0.3, -0.25) is 20.2 Å². The summed E-state index contributed by atoms with van der Waals surface area (Å²) in [6, 6.07) is 8.33. The number of ether oxygens (including phenoxy) is 1. The molecule has 1 N–H and O–H groups in total. The van der Waals surface area contributed by atoms with Gasteiger partial charge in [0.2, 0.25) is 0 Å². The molecular formula is C13H15N3O3. The first-order chi connectivity index (χ1) is 9.04. The van der Waals surface area contributed by atoms with Gasteiger partial charge < -0.3 is 4.74 Å². The van der Waals surface area contributed by atoms with Crippen molar-refractivity contribution in [2.45, 2.75) is 20.0 Å². The highest BCUT2D eigenvalue weighted by atomic mass is 16.6. The Balaban J connectivity index is 2.31. The molecule has 0 radical (unpaired) electrons. The molecule has 0 spiro atoms. The molecule has 2 rings (SSSR count). The van der Waals surface area contributed by atoms with Crippen LogP contribution < -0.4 is 10.2 Å². The van der Waals surface area contributed by atoms with Crippen LogP contribution >= 0.6 is 0 Å². The van der Waals surface area contributed by atoms with Crippen LogP contribution in [0.25, 0.3) is 0 Å². The molecule has 100 valence electrons. The van der Waals surface area contributed by atoms with Crippen molar-refractivity contribution < 1.29 is 9.66 Å². The minimum atomic E-state index is -0.436. The summed E-state index contributed by atoms with van der Waals surface area (Å²) in [7, 11) is 0. The van der Waals surface area contributed by atoms with E-state index in [-0.39, 0.29) is 11.8 Å². The SMILES string of the molecule is CC(C)Oc1cc(Nn2cccc2)cc([N+](=O)[O-])c1. The minimum absolute atomic E-state index is 0.00666. The smallest absolute Gasteiger partial charge is 0.275 e. The fourth-order valence-electron chi connectivity index (χ4n) is 1.65. The number of non-ortho nitro benzene ring substituents is 1. The summed E-state index contributed by atoms with van der Waals surface area (Å²) in [5.41, 5.74) is 3.62. The number of nitro groups is 1. The zero-order valence-corrected chi connectivity index (χ0v) is 10.7. The normalized spacial score (nSPS) is 10.5. The molecule has 0 amide bonds. The molecule has 0 atom stereocenters. The van der Waals surface area contributed by atoms with Crippen LogP contribution in [0.4, 0.5) is 11.4 Å². The molecule has 0 aliphatic rings. The third-order valence-electron chi connectivity index (χ3n) is 2.34. The summed E-state index contributed by atoms with van der Waals surface area (Å²) < 4.78 is 7.22. The van der Waals surface area contributed by atoms with Crippen LogP contribution in [-0.2, 0) is 0 Å². The lowest BCUT2D eigenvalue weighted by atomic mass is 10.2. The standard InChI is InChI=1S/C13H15N3O3/c1-10(2)19-13-8-11(7-12(9-13)16(17)18)14-15-5-3-4-6-15/h3-10,14H,1-2H3. The number of hydrogen-bond donors (Lipinski definition) is 1. The Hall–Kier alpha value is -2.50. The first kappa shape index (κ1) is 12.9. The highest BCUT2D eigenvalue weighted by Crippen LogP contribution is 2.26. The minimum Gasteiger partial charge on any atom is -0.491 e. The largest absolute Gasteiger partial charge is 0.491 e. The van der Waals surface area contributed by atoms with Gasteiger partial charge in [-0.25, -0.2) is 0 Å². The van der Waals surface area contributed by atoms with E-state index in [0.29, 0.717) is 11.4 Å². The summed E-state index contributed by atoms with van der Waals surface area (Å²) in [5, 5.41) is 10.9.